The van der Waals surface area contributed by atoms with Crippen molar-refractivity contribution in [3.63, 3.8) is 0 Å². The van der Waals surface area contributed by atoms with Gasteiger partial charge in [0.15, 0.2) is 5.11 Å². The second-order valence-electron chi connectivity index (χ2n) is 3.83. The Bertz CT molecular complexity index is 630. The maximum absolute atomic E-state index is 6.04. The van der Waals surface area contributed by atoms with Gasteiger partial charge < -0.3 is 5.32 Å². The molecule has 102 valence electrons. The lowest BCUT2D eigenvalue weighted by molar-refractivity contribution is 1.05. The Morgan fingerprint density at radius 2 is 1.80 bits per heavy atom. The summed E-state index contributed by atoms with van der Waals surface area (Å²) in [6.45, 7) is 0. The molecule has 0 unspecified atom stereocenters. The van der Waals surface area contributed by atoms with Crippen LogP contribution in [-0.2, 0) is 0 Å². The second kappa shape index (κ2) is 7.24. The monoisotopic (exact) mass is 323 g/mol. The number of thiocarbonyl (C=S) groups is 1. The third-order valence-corrected chi connectivity index (χ3v) is 3.41. The van der Waals surface area contributed by atoms with Crippen LogP contribution in [-0.4, -0.2) is 11.3 Å². The van der Waals surface area contributed by atoms with Gasteiger partial charge in [-0.2, -0.15) is 5.10 Å². The van der Waals surface area contributed by atoms with Crippen LogP contribution in [0.3, 0.4) is 0 Å². The van der Waals surface area contributed by atoms with Crippen LogP contribution in [0.5, 0.6) is 0 Å². The van der Waals surface area contributed by atoms with E-state index in [0.29, 0.717) is 20.7 Å². The van der Waals surface area contributed by atoms with Crippen LogP contribution in [0.4, 0.5) is 5.69 Å². The highest BCUT2D eigenvalue weighted by Gasteiger charge is 2.01. The molecule has 6 heteroatoms. The summed E-state index contributed by atoms with van der Waals surface area (Å²) in [4.78, 5) is 0. The molecule has 0 bridgehead atoms. The van der Waals surface area contributed by atoms with E-state index in [1.807, 2.05) is 36.4 Å². The van der Waals surface area contributed by atoms with Gasteiger partial charge in [-0.05, 0) is 30.4 Å². The minimum Gasteiger partial charge on any atom is -0.331 e. The first-order chi connectivity index (χ1) is 9.66. The topological polar surface area (TPSA) is 36.4 Å². The van der Waals surface area contributed by atoms with E-state index >= 15 is 0 Å². The van der Waals surface area contributed by atoms with E-state index in [1.54, 1.807) is 18.3 Å². The maximum Gasteiger partial charge on any atom is 0.191 e. The normalized spacial score (nSPS) is 10.5. The first-order valence-corrected chi connectivity index (χ1v) is 6.92. The highest BCUT2D eigenvalue weighted by molar-refractivity contribution is 7.80. The molecule has 20 heavy (non-hydrogen) atoms. The van der Waals surface area contributed by atoms with Crippen LogP contribution in [0.25, 0.3) is 0 Å². The fourth-order valence-corrected chi connectivity index (χ4v) is 1.99. The van der Waals surface area contributed by atoms with E-state index in [9.17, 15) is 0 Å². The molecule has 0 amide bonds. The predicted octanol–water partition coefficient (Wildman–Crippen LogP) is 4.31. The van der Waals surface area contributed by atoms with Crippen LogP contribution in [0.2, 0.25) is 10.0 Å². The molecule has 2 rings (SSSR count). The van der Waals surface area contributed by atoms with Crippen molar-refractivity contribution in [3.05, 3.63) is 64.1 Å². The predicted molar refractivity (Wildman–Crippen MR) is 89.9 cm³/mol. The first-order valence-electron chi connectivity index (χ1n) is 5.76. The van der Waals surface area contributed by atoms with Crippen LogP contribution < -0.4 is 10.7 Å². The maximum atomic E-state index is 6.04. The lowest BCUT2D eigenvalue weighted by Gasteiger charge is -2.06. The van der Waals surface area contributed by atoms with Crippen LogP contribution in [0.1, 0.15) is 5.56 Å². The zero-order valence-corrected chi connectivity index (χ0v) is 12.6. The van der Waals surface area contributed by atoms with Crippen molar-refractivity contribution < 1.29 is 0 Å². The summed E-state index contributed by atoms with van der Waals surface area (Å²) in [6, 6.07) is 14.9. The highest BCUT2D eigenvalue weighted by Crippen LogP contribution is 2.24. The largest absolute Gasteiger partial charge is 0.331 e. The van der Waals surface area contributed by atoms with Gasteiger partial charge in [0.05, 0.1) is 16.3 Å². The third-order valence-electron chi connectivity index (χ3n) is 2.38. The minimum atomic E-state index is 0.394. The Labute approximate surface area is 132 Å². The number of nitrogens with zero attached hydrogens (tertiary/aromatic N) is 1. The number of rotatable bonds is 3. The van der Waals surface area contributed by atoms with Crippen LogP contribution >= 0.6 is 35.4 Å². The van der Waals surface area contributed by atoms with Gasteiger partial charge >= 0.3 is 0 Å². The van der Waals surface area contributed by atoms with E-state index in [2.05, 4.69) is 15.8 Å². The van der Waals surface area contributed by atoms with Gasteiger partial charge in [-0.3, -0.25) is 5.43 Å². The third kappa shape index (κ3) is 4.20. The SMILES string of the molecule is S=C(N/N=C/c1cccc(Cl)c1Cl)Nc1ccccc1. The van der Waals surface area contributed by atoms with Gasteiger partial charge in [0.25, 0.3) is 0 Å². The Kier molecular flexibility index (Phi) is 5.35. The number of hydrogen-bond donors (Lipinski definition) is 2. The molecule has 2 aromatic carbocycles. The van der Waals surface area contributed by atoms with Gasteiger partial charge in [-0.25, -0.2) is 0 Å². The average molecular weight is 324 g/mol. The lowest BCUT2D eigenvalue weighted by atomic mass is 10.2. The number of benzene rings is 2. The zero-order chi connectivity index (χ0) is 14.4. The minimum absolute atomic E-state index is 0.394. The van der Waals surface area contributed by atoms with E-state index in [4.69, 9.17) is 35.4 Å². The van der Waals surface area contributed by atoms with Gasteiger partial charge in [0.2, 0.25) is 0 Å². The number of hydrazone groups is 1. The molecule has 0 saturated carbocycles. The Balaban J connectivity index is 1.93. The smallest absolute Gasteiger partial charge is 0.191 e. The summed E-state index contributed by atoms with van der Waals surface area (Å²) in [6.07, 6.45) is 1.56. The molecular weight excluding hydrogens is 313 g/mol. The molecular formula is C14H11Cl2N3S. The summed E-state index contributed by atoms with van der Waals surface area (Å²) in [7, 11) is 0. The summed E-state index contributed by atoms with van der Waals surface area (Å²) in [5.74, 6) is 0. The Morgan fingerprint density at radius 3 is 2.55 bits per heavy atom. The van der Waals surface area contributed by atoms with Gasteiger partial charge in [0.1, 0.15) is 0 Å². The second-order valence-corrected chi connectivity index (χ2v) is 5.03. The van der Waals surface area contributed by atoms with E-state index in [1.165, 1.54) is 0 Å². The Hall–Kier alpha value is -1.62. The van der Waals surface area contributed by atoms with Crippen LogP contribution in [0.15, 0.2) is 53.6 Å². The number of anilines is 1. The van der Waals surface area contributed by atoms with E-state index in [-0.39, 0.29) is 0 Å². The van der Waals surface area contributed by atoms with E-state index < -0.39 is 0 Å². The number of halogens is 2. The fraction of sp³-hybridized carbons (Fsp3) is 0. The van der Waals surface area contributed by atoms with Gasteiger partial charge in [-0.15, -0.1) is 0 Å². The van der Waals surface area contributed by atoms with Crippen molar-refractivity contribution in [2.24, 2.45) is 5.10 Å². The summed E-state index contributed by atoms with van der Waals surface area (Å²) in [5.41, 5.74) is 4.32. The van der Waals surface area contributed by atoms with Gasteiger partial charge in [0, 0.05) is 11.3 Å². The molecule has 0 atom stereocenters. The molecule has 3 nitrogen and oxygen atoms in total. The summed E-state index contributed by atoms with van der Waals surface area (Å²) >= 11 is 17.1. The van der Waals surface area contributed by atoms with Crippen molar-refractivity contribution in [3.8, 4) is 0 Å². The molecule has 2 aromatic rings. The fourth-order valence-electron chi connectivity index (χ4n) is 1.46. The highest BCUT2D eigenvalue weighted by atomic mass is 35.5. The van der Waals surface area contributed by atoms with Gasteiger partial charge in [-0.1, -0.05) is 53.5 Å². The van der Waals surface area contributed by atoms with Crippen molar-refractivity contribution in [1.82, 2.24) is 5.43 Å². The van der Waals surface area contributed by atoms with Crippen molar-refractivity contribution in [2.75, 3.05) is 5.32 Å². The quantitative estimate of drug-likeness (QED) is 0.502. The molecule has 0 spiro atoms. The van der Waals surface area contributed by atoms with E-state index in [0.717, 1.165) is 5.69 Å². The average Bonchev–Trinajstić information content (AvgIpc) is 2.44. The molecule has 0 aliphatic rings. The lowest BCUT2D eigenvalue weighted by Crippen LogP contribution is -2.23. The molecule has 2 N–H and O–H groups in total. The first kappa shape index (κ1) is 14.8. The van der Waals surface area contributed by atoms with Crippen molar-refractivity contribution in [1.29, 1.82) is 0 Å². The standard InChI is InChI=1S/C14H11Cl2N3S/c15-12-8-4-5-10(13(12)16)9-17-19-14(20)18-11-6-2-1-3-7-11/h1-9H,(H2,18,19,20)/b17-9+. The van der Waals surface area contributed by atoms with Crippen molar-refractivity contribution in [2.45, 2.75) is 0 Å². The molecule has 0 fully saturated rings. The summed E-state index contributed by atoms with van der Waals surface area (Å²) < 4.78 is 0. The molecule has 0 aromatic heterocycles. The molecule has 0 aliphatic carbocycles. The number of nitrogens with one attached hydrogen (secondary N) is 2. The number of para-hydroxylation sites is 1. The number of hydrogen-bond acceptors (Lipinski definition) is 2. The Morgan fingerprint density at radius 1 is 1.05 bits per heavy atom. The molecule has 0 saturated heterocycles. The molecule has 0 radical (unpaired) electrons. The molecule has 0 heterocycles. The molecule has 0 aliphatic heterocycles. The van der Waals surface area contributed by atoms with Crippen LogP contribution in [0, 0.1) is 0 Å². The van der Waals surface area contributed by atoms with Crippen molar-refractivity contribution >= 4 is 52.4 Å². The zero-order valence-electron chi connectivity index (χ0n) is 10.3. The summed E-state index contributed by atoms with van der Waals surface area (Å²) in [5, 5.41) is 8.36.